The van der Waals surface area contributed by atoms with Crippen LogP contribution in [-0.4, -0.2) is 64.3 Å². The lowest BCUT2D eigenvalue weighted by atomic mass is 9.95. The Morgan fingerprint density at radius 3 is 2.81 bits per heavy atom. The lowest BCUT2D eigenvalue weighted by Gasteiger charge is -2.34. The maximum atomic E-state index is 16.6. The molecule has 1 saturated carbocycles. The molecule has 42 heavy (non-hydrogen) atoms. The molecule has 9 heteroatoms. The van der Waals surface area contributed by atoms with Crippen LogP contribution in [0.1, 0.15) is 39.0 Å². The molecular formula is C33H34ClF2N5O. The Balaban J connectivity index is 1.24. The Bertz CT molecular complexity index is 1700. The van der Waals surface area contributed by atoms with Gasteiger partial charge in [0.2, 0.25) is 0 Å². The van der Waals surface area contributed by atoms with Crippen molar-refractivity contribution in [2.75, 3.05) is 37.7 Å². The summed E-state index contributed by atoms with van der Waals surface area (Å²) in [6.45, 7) is 5.68. The summed E-state index contributed by atoms with van der Waals surface area (Å²) in [5.41, 5.74) is 0.649. The average Bonchev–Trinajstić information content (AvgIpc) is 3.60. The molecule has 2 aromatic heterocycles. The zero-order valence-electron chi connectivity index (χ0n) is 23.7. The van der Waals surface area contributed by atoms with Gasteiger partial charge in [-0.15, -0.1) is 0 Å². The van der Waals surface area contributed by atoms with Crippen LogP contribution >= 0.6 is 11.6 Å². The fourth-order valence-corrected chi connectivity index (χ4v) is 8.66. The smallest absolute Gasteiger partial charge is 0.319 e. The Morgan fingerprint density at radius 1 is 1.10 bits per heavy atom. The van der Waals surface area contributed by atoms with E-state index in [1.165, 1.54) is 12.8 Å². The maximum absolute atomic E-state index is 16.6. The molecule has 0 unspecified atom stereocenters. The predicted molar refractivity (Wildman–Crippen MR) is 161 cm³/mol. The first-order valence-electron chi connectivity index (χ1n) is 15.2. The largest absolute Gasteiger partial charge is 0.461 e. The predicted octanol–water partition coefficient (Wildman–Crippen LogP) is 7.08. The highest BCUT2D eigenvalue weighted by molar-refractivity contribution is 6.36. The van der Waals surface area contributed by atoms with Crippen molar-refractivity contribution in [1.29, 1.82) is 0 Å². The first-order valence-corrected chi connectivity index (χ1v) is 15.6. The molecule has 3 saturated heterocycles. The van der Waals surface area contributed by atoms with Gasteiger partial charge in [-0.1, -0.05) is 48.9 Å². The van der Waals surface area contributed by atoms with E-state index in [1.807, 2.05) is 30.3 Å². The van der Waals surface area contributed by atoms with Crippen LogP contribution in [0, 0.1) is 23.6 Å². The summed E-state index contributed by atoms with van der Waals surface area (Å²) in [5, 5.41) is 2.78. The van der Waals surface area contributed by atoms with Gasteiger partial charge >= 0.3 is 6.01 Å². The Kier molecular flexibility index (Phi) is 6.30. The summed E-state index contributed by atoms with van der Waals surface area (Å²) in [4.78, 5) is 18.7. The van der Waals surface area contributed by atoms with E-state index in [0.29, 0.717) is 59.1 Å². The molecule has 8 rings (SSSR count). The number of alkyl halides is 1. The molecule has 0 amide bonds. The van der Waals surface area contributed by atoms with E-state index in [2.05, 4.69) is 26.7 Å². The van der Waals surface area contributed by atoms with E-state index in [1.54, 1.807) is 12.3 Å². The number of ether oxygens (including phenoxy) is 1. The molecule has 218 valence electrons. The lowest BCUT2D eigenvalue weighted by Crippen LogP contribution is -2.43. The molecule has 0 spiro atoms. The minimum atomic E-state index is -0.855. The van der Waals surface area contributed by atoms with Gasteiger partial charge in [0.05, 0.1) is 10.9 Å². The Labute approximate surface area is 249 Å². The molecule has 4 fully saturated rings. The molecular weight excluding hydrogens is 556 g/mol. The number of halogens is 3. The fraction of sp³-hybridized carbons (Fsp3) is 0.485. The van der Waals surface area contributed by atoms with Gasteiger partial charge in [0.15, 0.2) is 5.82 Å². The molecule has 1 aliphatic carbocycles. The zero-order valence-corrected chi connectivity index (χ0v) is 24.5. The summed E-state index contributed by atoms with van der Waals surface area (Å²) < 4.78 is 37.4. The highest BCUT2D eigenvalue weighted by Crippen LogP contribution is 2.44. The van der Waals surface area contributed by atoms with Crippen LogP contribution in [0.5, 0.6) is 6.01 Å². The van der Waals surface area contributed by atoms with E-state index in [0.717, 1.165) is 43.2 Å². The topological polar surface area (TPSA) is 54.4 Å². The summed E-state index contributed by atoms with van der Waals surface area (Å²) in [7, 11) is 0. The Morgan fingerprint density at radius 2 is 1.95 bits per heavy atom. The summed E-state index contributed by atoms with van der Waals surface area (Å²) in [6.07, 6.45) is 5.62. The van der Waals surface area contributed by atoms with Crippen LogP contribution in [0.3, 0.4) is 0 Å². The number of fused-ring (bicyclic) bond motifs is 5. The third kappa shape index (κ3) is 4.24. The fourth-order valence-electron chi connectivity index (χ4n) is 8.38. The second-order valence-corrected chi connectivity index (χ2v) is 13.4. The number of piperidine rings is 1. The van der Waals surface area contributed by atoms with E-state index in [4.69, 9.17) is 21.3 Å². The van der Waals surface area contributed by atoms with Crippen LogP contribution in [0.25, 0.3) is 32.9 Å². The number of anilines is 1. The van der Waals surface area contributed by atoms with Crippen LogP contribution < -0.4 is 9.64 Å². The minimum Gasteiger partial charge on any atom is -0.461 e. The van der Waals surface area contributed by atoms with Gasteiger partial charge in [-0.3, -0.25) is 9.88 Å². The van der Waals surface area contributed by atoms with Gasteiger partial charge in [-0.25, -0.2) is 8.78 Å². The van der Waals surface area contributed by atoms with E-state index in [-0.39, 0.29) is 22.8 Å². The van der Waals surface area contributed by atoms with Crippen molar-refractivity contribution < 1.29 is 13.5 Å². The lowest BCUT2D eigenvalue weighted by molar-refractivity contribution is 0.107. The first-order chi connectivity index (χ1) is 20.4. The number of benzene rings is 2. The van der Waals surface area contributed by atoms with Gasteiger partial charge in [-0.05, 0) is 61.4 Å². The number of nitrogens with zero attached hydrogens (tertiary/aromatic N) is 5. The number of rotatable bonds is 5. The summed E-state index contributed by atoms with van der Waals surface area (Å²) >= 11 is 6.60. The van der Waals surface area contributed by atoms with Crippen molar-refractivity contribution in [1.82, 2.24) is 19.9 Å². The molecule has 5 heterocycles. The summed E-state index contributed by atoms with van der Waals surface area (Å²) in [5.74, 6) is 1.98. The zero-order chi connectivity index (χ0) is 28.6. The van der Waals surface area contributed by atoms with Crippen LogP contribution in [0.15, 0.2) is 42.6 Å². The molecule has 2 aromatic carbocycles. The quantitative estimate of drug-likeness (QED) is 0.248. The van der Waals surface area contributed by atoms with Crippen molar-refractivity contribution in [2.24, 2.45) is 17.8 Å². The third-order valence-corrected chi connectivity index (χ3v) is 10.7. The molecule has 4 aromatic rings. The highest BCUT2D eigenvalue weighted by Gasteiger charge is 2.49. The number of pyridine rings is 1. The SMILES string of the molecule is C[C@@H]1C[C@H]2C[C@@H]1CN(c1nc(OC[C@@]34CCCN3C[C@H](F)C4)nc3c(F)c(-c4cccc5cccc(Cl)c45)ncc13)C2. The number of hydrogen-bond acceptors (Lipinski definition) is 6. The maximum Gasteiger partial charge on any atom is 0.319 e. The second-order valence-electron chi connectivity index (χ2n) is 13.0. The van der Waals surface area contributed by atoms with E-state index >= 15 is 4.39 Å². The van der Waals surface area contributed by atoms with Crippen molar-refractivity contribution in [3.05, 3.63) is 53.4 Å². The van der Waals surface area contributed by atoms with Crippen LogP contribution in [0.4, 0.5) is 14.6 Å². The van der Waals surface area contributed by atoms with Gasteiger partial charge in [-0.2, -0.15) is 9.97 Å². The van der Waals surface area contributed by atoms with Crippen molar-refractivity contribution in [2.45, 2.75) is 50.7 Å². The van der Waals surface area contributed by atoms with E-state index in [9.17, 15) is 4.39 Å². The second kappa shape index (κ2) is 9.98. The van der Waals surface area contributed by atoms with Crippen molar-refractivity contribution in [3.8, 4) is 17.3 Å². The van der Waals surface area contributed by atoms with Gasteiger partial charge in [0.1, 0.15) is 29.8 Å². The van der Waals surface area contributed by atoms with Crippen LogP contribution in [0.2, 0.25) is 5.02 Å². The van der Waals surface area contributed by atoms with Crippen molar-refractivity contribution >= 4 is 39.1 Å². The van der Waals surface area contributed by atoms with Gasteiger partial charge in [0, 0.05) is 48.2 Å². The van der Waals surface area contributed by atoms with Crippen molar-refractivity contribution in [3.63, 3.8) is 0 Å². The van der Waals surface area contributed by atoms with Gasteiger partial charge in [0.25, 0.3) is 0 Å². The summed E-state index contributed by atoms with van der Waals surface area (Å²) in [6, 6.07) is 11.5. The molecule has 6 nitrogen and oxygen atoms in total. The minimum absolute atomic E-state index is 0.138. The molecule has 2 bridgehead atoms. The molecule has 0 radical (unpaired) electrons. The molecule has 5 atom stereocenters. The van der Waals surface area contributed by atoms with Crippen LogP contribution in [-0.2, 0) is 0 Å². The normalized spacial score (nSPS) is 29.1. The third-order valence-electron chi connectivity index (χ3n) is 10.4. The number of aromatic nitrogens is 3. The first kappa shape index (κ1) is 26.5. The number of hydrogen-bond donors (Lipinski definition) is 0. The van der Waals surface area contributed by atoms with E-state index < -0.39 is 12.0 Å². The monoisotopic (exact) mass is 589 g/mol. The highest BCUT2D eigenvalue weighted by atomic mass is 35.5. The van der Waals surface area contributed by atoms with Gasteiger partial charge < -0.3 is 9.64 Å². The molecule has 3 aliphatic heterocycles. The Hall–Kier alpha value is -3.10. The molecule has 0 N–H and O–H groups in total. The average molecular weight is 590 g/mol. The molecule has 4 aliphatic rings. The standard InChI is InChI=1S/C33H34ClF2N5O/c1-19-11-20-12-22(19)16-40(15-20)31-25-14-37-29(24-7-2-5-21-6-3-8-26(34)27(21)24)28(36)30(25)38-32(39-31)42-18-33-9-4-10-41(33)17-23(35)13-33/h2-3,5-8,14,19-20,22-23H,4,9-13,15-18H2,1H3/t19-,20+,22-,23-,33+/m1/s1.